The quantitative estimate of drug-likeness (QED) is 0.680. The summed E-state index contributed by atoms with van der Waals surface area (Å²) in [4.78, 5) is 21.6. The molecule has 0 aromatic carbocycles. The van der Waals surface area contributed by atoms with Crippen molar-refractivity contribution in [2.24, 2.45) is 0 Å². The first-order valence-corrected chi connectivity index (χ1v) is 6.52. The van der Waals surface area contributed by atoms with Gasteiger partial charge in [-0.05, 0) is 27.2 Å². The molecule has 0 spiro atoms. The predicted octanol–water partition coefficient (Wildman–Crippen LogP) is 0.940. The number of esters is 1. The van der Waals surface area contributed by atoms with Crippen LogP contribution in [0.2, 0.25) is 0 Å². The van der Waals surface area contributed by atoms with Gasteiger partial charge in [0.2, 0.25) is 0 Å². The monoisotopic (exact) mass is 250 g/mol. The lowest BCUT2D eigenvalue weighted by Crippen LogP contribution is -2.28. The van der Waals surface area contributed by atoms with E-state index in [0.29, 0.717) is 6.42 Å². The molecular formula is C10H18O5S. The lowest BCUT2D eigenvalue weighted by atomic mass is 10.3. The second-order valence-corrected chi connectivity index (χ2v) is 5.59. The maximum atomic E-state index is 11.6. The molecule has 0 heterocycles. The molecule has 6 heteroatoms. The fourth-order valence-corrected chi connectivity index (χ4v) is 2.03. The van der Waals surface area contributed by atoms with Crippen LogP contribution in [0.5, 0.6) is 0 Å². The van der Waals surface area contributed by atoms with Crippen molar-refractivity contribution in [3.63, 3.8) is 0 Å². The van der Waals surface area contributed by atoms with E-state index in [2.05, 4.69) is 0 Å². The van der Waals surface area contributed by atoms with Crippen LogP contribution in [-0.4, -0.2) is 38.4 Å². The molecule has 2 atom stereocenters. The standard InChI is InChI=1S/C10H18O5S/c1-7(2)15-10(13)8(3)16(14)6-4-5-9(11)12/h7-8H,4-6H2,1-3H3,(H,11,12). The van der Waals surface area contributed by atoms with Crippen LogP contribution >= 0.6 is 0 Å². The highest BCUT2D eigenvalue weighted by Gasteiger charge is 2.22. The number of hydrogen-bond donors (Lipinski definition) is 1. The average molecular weight is 250 g/mol. The Labute approximate surface area is 97.6 Å². The van der Waals surface area contributed by atoms with Crippen molar-refractivity contribution in [3.05, 3.63) is 0 Å². The zero-order valence-corrected chi connectivity index (χ0v) is 10.6. The number of carboxylic acid groups (broad SMARTS) is 1. The first-order valence-electron chi connectivity index (χ1n) is 5.14. The molecule has 0 saturated carbocycles. The molecule has 0 saturated heterocycles. The summed E-state index contributed by atoms with van der Waals surface area (Å²) in [6.07, 6.45) is 0.0461. The molecule has 94 valence electrons. The van der Waals surface area contributed by atoms with Gasteiger partial charge in [0.05, 0.1) is 6.10 Å². The summed E-state index contributed by atoms with van der Waals surface area (Å²) in [5, 5.41) is 7.70. The Balaban J connectivity index is 3.98. The molecule has 16 heavy (non-hydrogen) atoms. The van der Waals surface area contributed by atoms with Gasteiger partial charge in [0.25, 0.3) is 0 Å². The fourth-order valence-electron chi connectivity index (χ4n) is 0.978. The highest BCUT2D eigenvalue weighted by atomic mass is 32.2. The van der Waals surface area contributed by atoms with Crippen LogP contribution in [0.4, 0.5) is 0 Å². The number of hydrogen-bond acceptors (Lipinski definition) is 4. The average Bonchev–Trinajstić information content (AvgIpc) is 2.14. The Kier molecular flexibility index (Phi) is 6.96. The zero-order valence-electron chi connectivity index (χ0n) is 9.76. The molecule has 2 unspecified atom stereocenters. The first-order chi connectivity index (χ1) is 7.34. The van der Waals surface area contributed by atoms with E-state index in [9.17, 15) is 13.8 Å². The minimum absolute atomic E-state index is 0.0301. The molecule has 0 aromatic rings. The molecule has 0 amide bonds. The number of aliphatic carboxylic acids is 1. The highest BCUT2D eigenvalue weighted by molar-refractivity contribution is 7.86. The van der Waals surface area contributed by atoms with Gasteiger partial charge in [0.15, 0.2) is 0 Å². The summed E-state index contributed by atoms with van der Waals surface area (Å²) in [7, 11) is -1.37. The molecule has 0 fully saturated rings. The second kappa shape index (κ2) is 7.38. The van der Waals surface area contributed by atoms with Gasteiger partial charge in [-0.3, -0.25) is 13.8 Å². The molecule has 0 aliphatic heterocycles. The SMILES string of the molecule is CC(C)OC(=O)C(C)S(=O)CCCC(=O)O. The van der Waals surface area contributed by atoms with E-state index in [1.165, 1.54) is 6.92 Å². The molecule has 5 nitrogen and oxygen atoms in total. The third-order valence-corrected chi connectivity index (χ3v) is 3.49. The lowest BCUT2D eigenvalue weighted by molar-refractivity contribution is -0.146. The second-order valence-electron chi connectivity index (χ2n) is 3.71. The largest absolute Gasteiger partial charge is 0.481 e. The smallest absolute Gasteiger partial charge is 0.321 e. The minimum atomic E-state index is -1.37. The number of rotatable bonds is 7. The van der Waals surface area contributed by atoms with Crippen LogP contribution in [0.15, 0.2) is 0 Å². The first kappa shape index (κ1) is 15.1. The van der Waals surface area contributed by atoms with E-state index in [4.69, 9.17) is 9.84 Å². The van der Waals surface area contributed by atoms with Gasteiger partial charge < -0.3 is 9.84 Å². The summed E-state index contributed by atoms with van der Waals surface area (Å²) in [6.45, 7) is 4.97. The Bertz CT molecular complexity index is 274. The fraction of sp³-hybridized carbons (Fsp3) is 0.800. The maximum Gasteiger partial charge on any atom is 0.321 e. The molecule has 0 aliphatic rings. The summed E-state index contributed by atoms with van der Waals surface area (Å²) in [6, 6.07) is 0. The van der Waals surface area contributed by atoms with Crippen LogP contribution in [0.3, 0.4) is 0 Å². The van der Waals surface area contributed by atoms with Crippen LogP contribution in [0, 0.1) is 0 Å². The van der Waals surface area contributed by atoms with Crippen molar-refractivity contribution in [1.29, 1.82) is 0 Å². The maximum absolute atomic E-state index is 11.6. The van der Waals surface area contributed by atoms with Crippen molar-refractivity contribution in [3.8, 4) is 0 Å². The third kappa shape index (κ3) is 6.55. The van der Waals surface area contributed by atoms with Crippen LogP contribution in [-0.2, 0) is 25.1 Å². The summed E-state index contributed by atoms with van der Waals surface area (Å²) in [5.74, 6) is -1.21. The molecular weight excluding hydrogens is 232 g/mol. The van der Waals surface area contributed by atoms with Crippen LogP contribution < -0.4 is 0 Å². The predicted molar refractivity (Wildman–Crippen MR) is 60.6 cm³/mol. The number of carboxylic acids is 1. The van der Waals surface area contributed by atoms with Crippen molar-refractivity contribution < 1.29 is 23.6 Å². The highest BCUT2D eigenvalue weighted by Crippen LogP contribution is 2.04. The summed E-state index contributed by atoms with van der Waals surface area (Å²) >= 11 is 0. The van der Waals surface area contributed by atoms with Gasteiger partial charge in [0, 0.05) is 23.0 Å². The molecule has 0 aliphatic carbocycles. The van der Waals surface area contributed by atoms with E-state index in [-0.39, 0.29) is 18.3 Å². The molecule has 0 bridgehead atoms. The molecule has 0 rings (SSSR count). The van der Waals surface area contributed by atoms with Gasteiger partial charge in [-0.25, -0.2) is 0 Å². The van der Waals surface area contributed by atoms with Crippen molar-refractivity contribution >= 4 is 22.7 Å². The van der Waals surface area contributed by atoms with Crippen LogP contribution in [0.25, 0.3) is 0 Å². The van der Waals surface area contributed by atoms with Crippen LogP contribution in [0.1, 0.15) is 33.6 Å². The van der Waals surface area contributed by atoms with E-state index < -0.39 is 28.0 Å². The van der Waals surface area contributed by atoms with Gasteiger partial charge in [-0.2, -0.15) is 0 Å². The minimum Gasteiger partial charge on any atom is -0.481 e. The van der Waals surface area contributed by atoms with Crippen molar-refractivity contribution in [1.82, 2.24) is 0 Å². The molecule has 0 radical (unpaired) electrons. The number of carbonyl (C=O) groups is 2. The summed E-state index contributed by atoms with van der Waals surface area (Å²) < 4.78 is 16.5. The van der Waals surface area contributed by atoms with Gasteiger partial charge >= 0.3 is 11.9 Å². The van der Waals surface area contributed by atoms with Crippen molar-refractivity contribution in [2.45, 2.75) is 45.0 Å². The van der Waals surface area contributed by atoms with Gasteiger partial charge in [-0.15, -0.1) is 0 Å². The van der Waals surface area contributed by atoms with E-state index in [1.807, 2.05) is 0 Å². The summed E-state index contributed by atoms with van der Waals surface area (Å²) in [5.41, 5.74) is 0. The van der Waals surface area contributed by atoms with E-state index in [0.717, 1.165) is 0 Å². The Morgan fingerprint density at radius 1 is 1.31 bits per heavy atom. The van der Waals surface area contributed by atoms with Crippen molar-refractivity contribution in [2.75, 3.05) is 5.75 Å². The third-order valence-electron chi connectivity index (χ3n) is 1.81. The van der Waals surface area contributed by atoms with Gasteiger partial charge in [0.1, 0.15) is 5.25 Å². The zero-order chi connectivity index (χ0) is 12.7. The molecule has 0 aromatic heterocycles. The molecule has 1 N–H and O–H groups in total. The van der Waals surface area contributed by atoms with Gasteiger partial charge in [-0.1, -0.05) is 0 Å². The number of carbonyl (C=O) groups excluding carboxylic acids is 1. The Morgan fingerprint density at radius 2 is 1.88 bits per heavy atom. The Hall–Kier alpha value is -0.910. The topological polar surface area (TPSA) is 80.7 Å². The van der Waals surface area contributed by atoms with E-state index >= 15 is 0 Å². The van der Waals surface area contributed by atoms with E-state index in [1.54, 1.807) is 13.8 Å². The normalized spacial score (nSPS) is 14.5. The number of ether oxygens (including phenoxy) is 1. The lowest BCUT2D eigenvalue weighted by Gasteiger charge is -2.13. The Morgan fingerprint density at radius 3 is 2.31 bits per heavy atom.